The molecule has 11 heteroatoms. The van der Waals surface area contributed by atoms with E-state index in [1.54, 1.807) is 46.7 Å². The van der Waals surface area contributed by atoms with Gasteiger partial charge in [0.05, 0.1) is 17.2 Å². The number of halogens is 1. The first-order valence-corrected chi connectivity index (χ1v) is 11.6. The van der Waals surface area contributed by atoms with Gasteiger partial charge in [0.2, 0.25) is 5.95 Å². The van der Waals surface area contributed by atoms with Crippen molar-refractivity contribution in [2.24, 2.45) is 12.8 Å². The van der Waals surface area contributed by atoms with Crippen molar-refractivity contribution in [2.45, 2.75) is 12.5 Å². The van der Waals surface area contributed by atoms with E-state index in [0.29, 0.717) is 16.6 Å². The van der Waals surface area contributed by atoms with E-state index in [0.717, 1.165) is 16.0 Å². The van der Waals surface area contributed by atoms with Gasteiger partial charge in [-0.2, -0.15) is 10.2 Å². The Balaban J connectivity index is 1.30. The molecule has 5 heterocycles. The molecule has 0 bridgehead atoms. The first kappa shape index (κ1) is 18.8. The molecule has 0 radical (unpaired) electrons. The summed E-state index contributed by atoms with van der Waals surface area (Å²) in [7, 11) is 1.81. The van der Waals surface area contributed by atoms with Crippen molar-refractivity contribution in [3.05, 3.63) is 84.6 Å². The highest BCUT2D eigenvalue weighted by atomic mass is 19.1. The molecule has 1 atom stereocenters. The average molecular weight is 503 g/mol. The fourth-order valence-electron chi connectivity index (χ4n) is 4.25. The smallest absolute Gasteiger partial charge is 0.225 e. The van der Waals surface area contributed by atoms with Crippen LogP contribution >= 0.6 is 0 Å². The van der Waals surface area contributed by atoms with Crippen molar-refractivity contribution in [3.8, 4) is 11.1 Å². The lowest BCUT2D eigenvalue weighted by atomic mass is 9.87. The van der Waals surface area contributed by atoms with Crippen LogP contribution in [0.3, 0.4) is 0 Å². The number of benzene rings is 1. The Morgan fingerprint density at radius 3 is 2.32 bits per heavy atom. The van der Waals surface area contributed by atoms with Gasteiger partial charge in [0, 0.05) is 74.6 Å². The maximum absolute atomic E-state index is 13.4. The zero-order valence-electron chi connectivity index (χ0n) is 24.2. The molecule has 188 valence electrons. The lowest BCUT2D eigenvalue weighted by Gasteiger charge is -2.35. The molecule has 10 nitrogen and oxygen atoms in total. The summed E-state index contributed by atoms with van der Waals surface area (Å²) in [6, 6.07) is 7.65. The van der Waals surface area contributed by atoms with Crippen LogP contribution in [0.15, 0.2) is 67.6 Å². The van der Waals surface area contributed by atoms with Gasteiger partial charge in [-0.15, -0.1) is 0 Å². The molecular formula is C26H27FN10. The Hall–Kier alpha value is -4.38. The molecule has 1 aliphatic heterocycles. The van der Waals surface area contributed by atoms with Gasteiger partial charge in [-0.1, -0.05) is 12.1 Å². The Morgan fingerprint density at radius 2 is 1.65 bits per heavy atom. The van der Waals surface area contributed by atoms with Crippen LogP contribution in [0.5, 0.6) is 0 Å². The van der Waals surface area contributed by atoms with Crippen LogP contribution in [0.1, 0.15) is 23.5 Å². The molecule has 5 aromatic rings. The standard InChI is InChI=1S/C26H27FN10/c1-26(28,20-3-5-22(27)6-4-20)21-13-29-25(30-14-21)36-9-7-35(8-10-36)24-23-11-18(16-37(23)33-17-31-24)19-12-32-34(2)15-19/h3-6,11-17H,7-10,28H2,1-2H3/t26-/m1/s1/i7D2,8D2. The molecule has 1 aromatic carbocycles. The minimum absolute atomic E-state index is 0.124. The maximum Gasteiger partial charge on any atom is 0.225 e. The van der Waals surface area contributed by atoms with Crippen molar-refractivity contribution in [3.63, 3.8) is 0 Å². The minimum Gasteiger partial charge on any atom is -0.351 e. The lowest BCUT2D eigenvalue weighted by Crippen LogP contribution is -2.47. The highest BCUT2D eigenvalue weighted by Crippen LogP contribution is 2.29. The Kier molecular flexibility index (Phi) is 4.54. The molecule has 0 spiro atoms. The summed E-state index contributed by atoms with van der Waals surface area (Å²) in [4.78, 5) is 15.6. The predicted molar refractivity (Wildman–Crippen MR) is 139 cm³/mol. The third-order valence-electron chi connectivity index (χ3n) is 6.44. The third kappa shape index (κ3) is 4.27. The second kappa shape index (κ2) is 8.93. The molecular weight excluding hydrogens is 471 g/mol. The van der Waals surface area contributed by atoms with Crippen LogP contribution in [-0.2, 0) is 12.6 Å². The summed E-state index contributed by atoms with van der Waals surface area (Å²) in [5.74, 6) is -0.0860. The van der Waals surface area contributed by atoms with E-state index in [9.17, 15) is 4.39 Å². The second-order valence-electron chi connectivity index (χ2n) is 9.03. The lowest BCUT2D eigenvalue weighted by molar-refractivity contribution is 0.585. The van der Waals surface area contributed by atoms with E-state index < -0.39 is 18.5 Å². The number of nitrogens with two attached hydrogens (primary N) is 1. The zero-order valence-corrected chi connectivity index (χ0v) is 20.2. The Bertz CT molecular complexity index is 1700. The molecule has 0 amide bonds. The third-order valence-corrected chi connectivity index (χ3v) is 6.44. The average Bonchev–Trinajstić information content (AvgIpc) is 3.54. The monoisotopic (exact) mass is 502 g/mol. The van der Waals surface area contributed by atoms with Crippen LogP contribution in [0.2, 0.25) is 0 Å². The fourth-order valence-corrected chi connectivity index (χ4v) is 4.25. The molecule has 0 unspecified atom stereocenters. The van der Waals surface area contributed by atoms with Crippen molar-refractivity contribution >= 4 is 17.3 Å². The molecule has 2 N–H and O–H groups in total. The molecule has 0 aliphatic carbocycles. The summed E-state index contributed by atoms with van der Waals surface area (Å²) in [5, 5.41) is 8.45. The molecule has 0 saturated carbocycles. The van der Waals surface area contributed by atoms with E-state index in [4.69, 9.17) is 11.2 Å². The number of fused-ring (bicyclic) bond motifs is 1. The van der Waals surface area contributed by atoms with Gasteiger partial charge in [-0.3, -0.25) is 4.68 Å². The molecule has 1 fully saturated rings. The van der Waals surface area contributed by atoms with Gasteiger partial charge in [0.1, 0.15) is 17.7 Å². The number of anilines is 2. The topological polar surface area (TPSA) is 106 Å². The van der Waals surface area contributed by atoms with Crippen molar-refractivity contribution in [1.29, 1.82) is 0 Å². The van der Waals surface area contributed by atoms with Crippen molar-refractivity contribution < 1.29 is 9.87 Å². The van der Waals surface area contributed by atoms with Crippen LogP contribution in [0.25, 0.3) is 16.6 Å². The molecule has 1 saturated heterocycles. The first-order valence-electron chi connectivity index (χ1n) is 13.6. The van der Waals surface area contributed by atoms with Gasteiger partial charge in [-0.25, -0.2) is 23.9 Å². The summed E-state index contributed by atoms with van der Waals surface area (Å²) in [6.07, 6.45) is 9.65. The summed E-state index contributed by atoms with van der Waals surface area (Å²) in [6.45, 7) is -3.09. The zero-order chi connectivity index (χ0) is 29.2. The Labute approximate surface area is 218 Å². The van der Waals surface area contributed by atoms with E-state index in [-0.39, 0.29) is 30.7 Å². The minimum atomic E-state index is -2.20. The number of aryl methyl sites for hydroxylation is 1. The number of aromatic nitrogens is 7. The van der Waals surface area contributed by atoms with Gasteiger partial charge in [0.25, 0.3) is 0 Å². The molecule has 1 aliphatic rings. The second-order valence-corrected chi connectivity index (χ2v) is 9.03. The largest absolute Gasteiger partial charge is 0.351 e. The van der Waals surface area contributed by atoms with Gasteiger partial charge in [0.15, 0.2) is 5.82 Å². The van der Waals surface area contributed by atoms with E-state index in [1.807, 2.05) is 13.2 Å². The highest BCUT2D eigenvalue weighted by molar-refractivity contribution is 5.77. The van der Waals surface area contributed by atoms with Gasteiger partial charge in [-0.05, 0) is 30.7 Å². The highest BCUT2D eigenvalue weighted by Gasteiger charge is 2.26. The number of nitrogens with zero attached hydrogens (tertiary/aromatic N) is 9. The molecule has 4 aromatic heterocycles. The fraction of sp³-hybridized carbons (Fsp3) is 0.269. The Morgan fingerprint density at radius 1 is 0.919 bits per heavy atom. The number of rotatable bonds is 5. The number of hydrogen-bond acceptors (Lipinski definition) is 8. The van der Waals surface area contributed by atoms with Gasteiger partial charge < -0.3 is 15.5 Å². The molecule has 37 heavy (non-hydrogen) atoms. The van der Waals surface area contributed by atoms with Crippen molar-refractivity contribution in [1.82, 2.24) is 34.3 Å². The van der Waals surface area contributed by atoms with E-state index >= 15 is 0 Å². The summed E-state index contributed by atoms with van der Waals surface area (Å²) >= 11 is 0. The van der Waals surface area contributed by atoms with Crippen LogP contribution in [-0.4, -0.2) is 60.4 Å². The van der Waals surface area contributed by atoms with Gasteiger partial charge >= 0.3 is 0 Å². The summed E-state index contributed by atoms with van der Waals surface area (Å²) < 4.78 is 52.2. The van der Waals surface area contributed by atoms with Crippen LogP contribution in [0.4, 0.5) is 16.2 Å². The molecule has 6 rings (SSSR count). The SMILES string of the molecule is [2H]C1([2H])CN(c2ncc([C@](C)(N)c3ccc(F)cc3)cn2)CC([2H])([2H])N1c1ncnn2cc(-c3cnn(C)c3)cc12. The maximum atomic E-state index is 13.4. The predicted octanol–water partition coefficient (Wildman–Crippen LogP) is 2.61. The summed E-state index contributed by atoms with van der Waals surface area (Å²) in [5.41, 5.74) is 8.86. The number of piperazine rings is 1. The normalized spacial score (nSPS) is 20.1. The van der Waals surface area contributed by atoms with E-state index in [1.165, 1.54) is 35.8 Å². The van der Waals surface area contributed by atoms with E-state index in [2.05, 4.69) is 25.1 Å². The first-order chi connectivity index (χ1) is 19.3. The van der Waals surface area contributed by atoms with Crippen LogP contribution in [0, 0.1) is 5.82 Å². The van der Waals surface area contributed by atoms with Crippen LogP contribution < -0.4 is 15.5 Å². The van der Waals surface area contributed by atoms with Crippen molar-refractivity contribution in [2.75, 3.05) is 35.9 Å². The number of hydrogen-bond donors (Lipinski definition) is 1. The quantitative estimate of drug-likeness (QED) is 0.391.